The topological polar surface area (TPSA) is 69.6 Å². The third-order valence-corrected chi connectivity index (χ3v) is 2.10. The van der Waals surface area contributed by atoms with Gasteiger partial charge in [0.1, 0.15) is 11.8 Å². The lowest BCUT2D eigenvalue weighted by Crippen LogP contribution is -2.26. The highest BCUT2D eigenvalue weighted by Crippen LogP contribution is 2.13. The highest BCUT2D eigenvalue weighted by Gasteiger charge is 2.18. The van der Waals surface area contributed by atoms with Crippen LogP contribution in [0, 0.1) is 5.21 Å². The zero-order valence-corrected chi connectivity index (χ0v) is 8.33. The summed E-state index contributed by atoms with van der Waals surface area (Å²) >= 11 is 0. The van der Waals surface area contributed by atoms with Crippen LogP contribution in [-0.2, 0) is 11.8 Å². The highest BCUT2D eigenvalue weighted by molar-refractivity contribution is 5.49. The Bertz CT molecular complexity index is 441. The lowest BCUT2D eigenvalue weighted by Gasteiger charge is -1.98. The van der Waals surface area contributed by atoms with Crippen molar-refractivity contribution in [3.05, 3.63) is 30.0 Å². The molecule has 0 saturated carbocycles. The van der Waals surface area contributed by atoms with Gasteiger partial charge in [-0.05, 0) is 6.42 Å². The number of rotatable bonds is 3. The van der Waals surface area contributed by atoms with E-state index < -0.39 is 0 Å². The second-order valence-corrected chi connectivity index (χ2v) is 3.27. The number of hydrogen-bond donors (Lipinski definition) is 0. The van der Waals surface area contributed by atoms with Crippen LogP contribution in [0.1, 0.15) is 13.3 Å². The molecule has 79 valence electrons. The van der Waals surface area contributed by atoms with Crippen LogP contribution in [0.4, 0.5) is 0 Å². The molecule has 0 saturated heterocycles. The van der Waals surface area contributed by atoms with E-state index in [-0.39, 0.29) is 5.82 Å². The van der Waals surface area contributed by atoms with Gasteiger partial charge in [0.2, 0.25) is 0 Å². The molecule has 1 radical (unpaired) electrons. The number of aromatic nitrogens is 4. The summed E-state index contributed by atoms with van der Waals surface area (Å²) in [7, 11) is 0. The molecular formula is C9H11N4O2. The molecule has 2 aromatic rings. The van der Waals surface area contributed by atoms with Gasteiger partial charge < -0.3 is 5.21 Å². The van der Waals surface area contributed by atoms with E-state index in [2.05, 4.69) is 5.10 Å². The fourth-order valence-electron chi connectivity index (χ4n) is 1.44. The Kier molecular flexibility index (Phi) is 2.32. The predicted octanol–water partition coefficient (Wildman–Crippen LogP) is 0.589. The van der Waals surface area contributed by atoms with Crippen molar-refractivity contribution in [2.75, 3.05) is 0 Å². The Hall–Kier alpha value is -1.98. The van der Waals surface area contributed by atoms with Crippen molar-refractivity contribution in [2.45, 2.75) is 19.9 Å². The zero-order valence-electron chi connectivity index (χ0n) is 8.33. The molecular weight excluding hydrogens is 196 g/mol. The molecule has 0 N–H and O–H groups in total. The molecule has 0 spiro atoms. The minimum atomic E-state index is 0.0670. The van der Waals surface area contributed by atoms with Gasteiger partial charge in [0.05, 0.1) is 6.20 Å². The quantitative estimate of drug-likeness (QED) is 0.546. The van der Waals surface area contributed by atoms with Crippen molar-refractivity contribution in [3.63, 3.8) is 0 Å². The molecule has 0 unspecified atom stereocenters. The van der Waals surface area contributed by atoms with Gasteiger partial charge >= 0.3 is 5.82 Å². The first kappa shape index (κ1) is 9.57. The molecule has 2 rings (SSSR count). The molecule has 6 nitrogen and oxygen atoms in total. The Balaban J connectivity index is 2.37. The summed E-state index contributed by atoms with van der Waals surface area (Å²) in [4.78, 5) is 0. The molecule has 0 bridgehead atoms. The second-order valence-electron chi connectivity index (χ2n) is 3.27. The van der Waals surface area contributed by atoms with Gasteiger partial charge in [0, 0.05) is 17.5 Å². The van der Waals surface area contributed by atoms with E-state index in [0.29, 0.717) is 15.0 Å². The van der Waals surface area contributed by atoms with Gasteiger partial charge in [-0.3, -0.25) is 4.68 Å². The maximum atomic E-state index is 11.3. The van der Waals surface area contributed by atoms with Crippen molar-refractivity contribution in [2.24, 2.45) is 0 Å². The second kappa shape index (κ2) is 3.64. The van der Waals surface area contributed by atoms with E-state index in [1.807, 2.05) is 6.92 Å². The summed E-state index contributed by atoms with van der Waals surface area (Å²) in [6.45, 7) is 2.81. The van der Waals surface area contributed by atoms with Crippen LogP contribution < -0.4 is 4.73 Å². The number of aryl methyl sites for hydroxylation is 1. The molecule has 6 heteroatoms. The standard InChI is InChI=1S/C9H11N4O2/c1-2-3-11-7-8(6-10-11)9-12(14)4-5-13(9)15/h4-7H,2-3H2,1H3. The SMILES string of the molecule is CCCn1cc(-c2n([O])cc[n+]2[O-])cn1. The van der Waals surface area contributed by atoms with E-state index in [0.717, 1.165) is 13.0 Å². The third-order valence-electron chi connectivity index (χ3n) is 2.10. The summed E-state index contributed by atoms with van der Waals surface area (Å²) in [6.07, 6.45) is 6.53. The monoisotopic (exact) mass is 207 g/mol. The van der Waals surface area contributed by atoms with E-state index in [1.165, 1.54) is 18.6 Å². The van der Waals surface area contributed by atoms with Gasteiger partial charge in [-0.15, -0.1) is 0 Å². The smallest absolute Gasteiger partial charge is 0.339 e. The first-order chi connectivity index (χ1) is 7.22. The first-order valence-electron chi connectivity index (χ1n) is 4.73. The molecule has 0 fully saturated rings. The fraction of sp³-hybridized carbons (Fsp3) is 0.333. The molecule has 0 aromatic carbocycles. The molecule has 0 aliphatic rings. The van der Waals surface area contributed by atoms with E-state index in [9.17, 15) is 10.4 Å². The van der Waals surface area contributed by atoms with Crippen LogP contribution in [0.2, 0.25) is 0 Å². The Morgan fingerprint density at radius 2 is 2.40 bits per heavy atom. The minimum Gasteiger partial charge on any atom is -0.710 e. The maximum absolute atomic E-state index is 11.3. The lowest BCUT2D eigenvalue weighted by molar-refractivity contribution is -0.594. The summed E-state index contributed by atoms with van der Waals surface area (Å²) in [6, 6.07) is 0. The lowest BCUT2D eigenvalue weighted by atomic mass is 10.3. The van der Waals surface area contributed by atoms with Crippen LogP contribution in [0.3, 0.4) is 0 Å². The summed E-state index contributed by atoms with van der Waals surface area (Å²) in [5.74, 6) is 0.0670. The summed E-state index contributed by atoms with van der Waals surface area (Å²) < 4.78 is 2.79. The van der Waals surface area contributed by atoms with Crippen LogP contribution in [0.5, 0.6) is 0 Å². The average Bonchev–Trinajstić information content (AvgIpc) is 2.75. The molecule has 15 heavy (non-hydrogen) atoms. The van der Waals surface area contributed by atoms with Crippen molar-refractivity contribution in [1.82, 2.24) is 14.5 Å². The summed E-state index contributed by atoms with van der Waals surface area (Å²) in [5.41, 5.74) is 0.540. The molecule has 0 amide bonds. The van der Waals surface area contributed by atoms with Gasteiger partial charge in [-0.2, -0.15) is 5.10 Å². The van der Waals surface area contributed by atoms with Gasteiger partial charge in [-0.1, -0.05) is 12.1 Å². The Labute approximate surface area is 86.5 Å². The number of nitrogens with zero attached hydrogens (tertiary/aromatic N) is 4. The van der Waals surface area contributed by atoms with Crippen LogP contribution in [-0.4, -0.2) is 14.5 Å². The molecule has 0 aliphatic carbocycles. The van der Waals surface area contributed by atoms with Gasteiger partial charge in [-0.25, -0.2) is 4.73 Å². The molecule has 0 atom stereocenters. The van der Waals surface area contributed by atoms with Crippen molar-refractivity contribution < 1.29 is 9.94 Å². The van der Waals surface area contributed by atoms with Gasteiger partial charge in [0.15, 0.2) is 6.20 Å². The minimum absolute atomic E-state index is 0.0670. The predicted molar refractivity (Wildman–Crippen MR) is 51.0 cm³/mol. The van der Waals surface area contributed by atoms with Crippen LogP contribution in [0.15, 0.2) is 24.8 Å². The summed E-state index contributed by atoms with van der Waals surface area (Å²) in [5, 5.41) is 26.6. The maximum Gasteiger partial charge on any atom is 0.339 e. The van der Waals surface area contributed by atoms with Crippen molar-refractivity contribution in [1.29, 1.82) is 0 Å². The molecule has 2 heterocycles. The normalized spacial score (nSPS) is 10.7. The highest BCUT2D eigenvalue weighted by atomic mass is 16.5. The Morgan fingerprint density at radius 3 is 3.00 bits per heavy atom. The first-order valence-corrected chi connectivity index (χ1v) is 4.73. The third kappa shape index (κ3) is 1.65. The van der Waals surface area contributed by atoms with Crippen LogP contribution in [0.25, 0.3) is 11.4 Å². The van der Waals surface area contributed by atoms with Crippen molar-refractivity contribution >= 4 is 0 Å². The van der Waals surface area contributed by atoms with E-state index in [1.54, 1.807) is 10.9 Å². The van der Waals surface area contributed by atoms with E-state index >= 15 is 0 Å². The van der Waals surface area contributed by atoms with Crippen LogP contribution >= 0.6 is 0 Å². The average molecular weight is 207 g/mol. The molecule has 2 aromatic heterocycles. The van der Waals surface area contributed by atoms with Crippen molar-refractivity contribution in [3.8, 4) is 11.4 Å². The largest absolute Gasteiger partial charge is 0.710 e. The fourth-order valence-corrected chi connectivity index (χ4v) is 1.44. The number of imidazole rings is 1. The van der Waals surface area contributed by atoms with Gasteiger partial charge in [0.25, 0.3) is 0 Å². The van der Waals surface area contributed by atoms with E-state index in [4.69, 9.17) is 0 Å². The Morgan fingerprint density at radius 1 is 1.60 bits per heavy atom. The number of hydrogen-bond acceptors (Lipinski definition) is 2. The molecule has 0 aliphatic heterocycles. The zero-order chi connectivity index (χ0) is 10.8.